The normalized spacial score (nSPS) is 11.6. The van der Waals surface area contributed by atoms with Gasteiger partial charge in [-0.2, -0.15) is 0 Å². The second-order valence-electron chi connectivity index (χ2n) is 4.93. The van der Waals surface area contributed by atoms with Crippen LogP contribution in [0.25, 0.3) is 11.1 Å². The van der Waals surface area contributed by atoms with E-state index in [0.29, 0.717) is 11.1 Å². The van der Waals surface area contributed by atoms with E-state index in [9.17, 15) is 13.2 Å². The third-order valence-electron chi connectivity index (χ3n) is 3.16. The van der Waals surface area contributed by atoms with Crippen LogP contribution in [-0.2, 0) is 10.0 Å². The van der Waals surface area contributed by atoms with Gasteiger partial charge in [-0.3, -0.25) is 0 Å². The molecule has 0 bridgehead atoms. The molecule has 116 valence electrons. The number of hydrogen-bond donors (Lipinski definition) is 2. The molecular weight excluding hydrogens is 304 g/mol. The van der Waals surface area contributed by atoms with Crippen molar-refractivity contribution in [2.24, 2.45) is 0 Å². The van der Waals surface area contributed by atoms with Gasteiger partial charge in [-0.1, -0.05) is 18.2 Å². The number of carboxylic acid groups (broad SMARTS) is 1. The molecule has 0 aliphatic rings. The van der Waals surface area contributed by atoms with E-state index >= 15 is 0 Å². The van der Waals surface area contributed by atoms with Crippen molar-refractivity contribution in [2.45, 2.75) is 4.90 Å². The number of sulfonamides is 1. The summed E-state index contributed by atoms with van der Waals surface area (Å²) in [5, 5.41) is 9.12. The van der Waals surface area contributed by atoms with Crippen molar-refractivity contribution in [3.63, 3.8) is 0 Å². The van der Waals surface area contributed by atoms with Crippen molar-refractivity contribution in [1.82, 2.24) is 4.31 Å². The number of rotatable bonds is 4. The Morgan fingerprint density at radius 2 is 1.77 bits per heavy atom. The minimum absolute atomic E-state index is 0.00653. The van der Waals surface area contributed by atoms with Crippen LogP contribution in [0.15, 0.2) is 47.4 Å². The number of aromatic carboxylic acids is 1. The summed E-state index contributed by atoms with van der Waals surface area (Å²) in [6, 6.07) is 10.7. The molecule has 2 aromatic rings. The summed E-state index contributed by atoms with van der Waals surface area (Å²) in [6.45, 7) is 0. The number of nitrogen functional groups attached to an aromatic ring is 1. The molecule has 7 heteroatoms. The van der Waals surface area contributed by atoms with Crippen LogP contribution in [-0.4, -0.2) is 37.9 Å². The fourth-order valence-corrected chi connectivity index (χ4v) is 3.17. The summed E-state index contributed by atoms with van der Waals surface area (Å²) in [4.78, 5) is 11.2. The van der Waals surface area contributed by atoms with Gasteiger partial charge >= 0.3 is 5.97 Å². The van der Waals surface area contributed by atoms with Gasteiger partial charge in [0.25, 0.3) is 0 Å². The van der Waals surface area contributed by atoms with Crippen molar-refractivity contribution in [3.05, 3.63) is 48.0 Å². The van der Waals surface area contributed by atoms with E-state index in [1.165, 1.54) is 32.3 Å². The van der Waals surface area contributed by atoms with Gasteiger partial charge in [-0.25, -0.2) is 17.5 Å². The molecule has 0 heterocycles. The molecule has 0 saturated carbocycles. The predicted octanol–water partition coefficient (Wildman–Crippen LogP) is 1.88. The third kappa shape index (κ3) is 2.95. The molecule has 2 rings (SSSR count). The van der Waals surface area contributed by atoms with Gasteiger partial charge in [0.15, 0.2) is 0 Å². The maximum Gasteiger partial charge on any atom is 0.335 e. The fraction of sp³-hybridized carbons (Fsp3) is 0.133. The van der Waals surface area contributed by atoms with E-state index in [-0.39, 0.29) is 16.1 Å². The van der Waals surface area contributed by atoms with Gasteiger partial charge in [0.2, 0.25) is 10.0 Å². The first kappa shape index (κ1) is 16.0. The van der Waals surface area contributed by atoms with Crippen LogP contribution in [0.2, 0.25) is 0 Å². The van der Waals surface area contributed by atoms with Gasteiger partial charge in [0, 0.05) is 25.3 Å². The number of carboxylic acids is 1. The Kier molecular flexibility index (Phi) is 4.20. The van der Waals surface area contributed by atoms with Gasteiger partial charge in [0.1, 0.15) is 0 Å². The maximum absolute atomic E-state index is 12.4. The number of nitrogens with two attached hydrogens (primary N) is 1. The van der Waals surface area contributed by atoms with Crippen molar-refractivity contribution in [1.29, 1.82) is 0 Å². The average Bonchev–Trinajstić information content (AvgIpc) is 2.46. The van der Waals surface area contributed by atoms with Gasteiger partial charge in [0.05, 0.1) is 10.5 Å². The Bertz CT molecular complexity index is 829. The lowest BCUT2D eigenvalue weighted by molar-refractivity contribution is 0.0697. The second-order valence-corrected chi connectivity index (χ2v) is 7.05. The highest BCUT2D eigenvalue weighted by Gasteiger charge is 2.22. The third-order valence-corrected chi connectivity index (χ3v) is 5.03. The molecule has 0 aromatic heterocycles. The topological polar surface area (TPSA) is 101 Å². The molecule has 3 N–H and O–H groups in total. The number of anilines is 1. The van der Waals surface area contributed by atoms with Crippen molar-refractivity contribution in [2.75, 3.05) is 19.8 Å². The zero-order chi connectivity index (χ0) is 16.5. The van der Waals surface area contributed by atoms with Crippen LogP contribution < -0.4 is 5.73 Å². The zero-order valence-corrected chi connectivity index (χ0v) is 13.0. The van der Waals surface area contributed by atoms with Crippen molar-refractivity contribution < 1.29 is 18.3 Å². The van der Waals surface area contributed by atoms with Crippen LogP contribution in [0.4, 0.5) is 5.69 Å². The van der Waals surface area contributed by atoms with Crippen LogP contribution >= 0.6 is 0 Å². The van der Waals surface area contributed by atoms with E-state index < -0.39 is 16.0 Å². The summed E-state index contributed by atoms with van der Waals surface area (Å²) in [7, 11) is -0.779. The molecule has 0 atom stereocenters. The number of benzene rings is 2. The Morgan fingerprint density at radius 1 is 1.14 bits per heavy atom. The molecule has 0 spiro atoms. The molecule has 0 amide bonds. The van der Waals surface area contributed by atoms with E-state index in [1.54, 1.807) is 24.3 Å². The highest BCUT2D eigenvalue weighted by atomic mass is 32.2. The zero-order valence-electron chi connectivity index (χ0n) is 12.1. The number of nitrogens with zero attached hydrogens (tertiary/aromatic N) is 1. The molecule has 0 radical (unpaired) electrons. The van der Waals surface area contributed by atoms with Gasteiger partial charge < -0.3 is 10.8 Å². The van der Waals surface area contributed by atoms with Crippen LogP contribution in [0.3, 0.4) is 0 Å². The van der Waals surface area contributed by atoms with Crippen LogP contribution in [0, 0.1) is 0 Å². The maximum atomic E-state index is 12.4. The molecule has 2 aromatic carbocycles. The standard InChI is InChI=1S/C15H16N2O4S/c1-17(2)22(20,21)14-6-4-3-5-13(14)10-7-11(15(18)19)9-12(16)8-10/h3-9H,16H2,1-2H3,(H,18,19). The van der Waals surface area contributed by atoms with E-state index in [2.05, 4.69) is 0 Å². The lowest BCUT2D eigenvalue weighted by Gasteiger charge is -2.15. The minimum Gasteiger partial charge on any atom is -0.478 e. The largest absolute Gasteiger partial charge is 0.478 e. The number of carbonyl (C=O) groups is 1. The lowest BCUT2D eigenvalue weighted by Crippen LogP contribution is -2.22. The Balaban J connectivity index is 2.72. The highest BCUT2D eigenvalue weighted by molar-refractivity contribution is 7.89. The van der Waals surface area contributed by atoms with Crippen LogP contribution in [0.5, 0.6) is 0 Å². The minimum atomic E-state index is -3.66. The Hall–Kier alpha value is -2.38. The molecule has 6 nitrogen and oxygen atoms in total. The average molecular weight is 320 g/mol. The quantitative estimate of drug-likeness (QED) is 0.838. The Labute approximate surface area is 128 Å². The second kappa shape index (κ2) is 5.78. The summed E-state index contributed by atoms with van der Waals surface area (Å²) < 4.78 is 25.9. The fourth-order valence-electron chi connectivity index (χ4n) is 2.06. The summed E-state index contributed by atoms with van der Waals surface area (Å²) in [5.74, 6) is -1.12. The van der Waals surface area contributed by atoms with Crippen LogP contribution in [0.1, 0.15) is 10.4 Å². The van der Waals surface area contributed by atoms with Gasteiger partial charge in [-0.15, -0.1) is 0 Å². The molecule has 0 fully saturated rings. The smallest absolute Gasteiger partial charge is 0.335 e. The molecule has 22 heavy (non-hydrogen) atoms. The molecule has 0 unspecified atom stereocenters. The molecule has 0 aliphatic heterocycles. The SMILES string of the molecule is CN(C)S(=O)(=O)c1ccccc1-c1cc(N)cc(C(=O)O)c1. The first-order valence-corrected chi connectivity index (χ1v) is 7.83. The summed E-state index contributed by atoms with van der Waals surface area (Å²) in [5.41, 5.74) is 6.84. The predicted molar refractivity (Wildman–Crippen MR) is 84.1 cm³/mol. The van der Waals surface area contributed by atoms with Gasteiger partial charge in [-0.05, 0) is 29.8 Å². The monoisotopic (exact) mass is 320 g/mol. The highest BCUT2D eigenvalue weighted by Crippen LogP contribution is 2.30. The Morgan fingerprint density at radius 3 is 2.36 bits per heavy atom. The van der Waals surface area contributed by atoms with E-state index in [0.717, 1.165) is 4.31 Å². The number of hydrogen-bond acceptors (Lipinski definition) is 4. The molecule has 0 saturated heterocycles. The van der Waals surface area contributed by atoms with Crippen molar-refractivity contribution >= 4 is 21.7 Å². The molecule has 0 aliphatic carbocycles. The molecular formula is C15H16N2O4S. The van der Waals surface area contributed by atoms with E-state index in [1.807, 2.05) is 0 Å². The lowest BCUT2D eigenvalue weighted by atomic mass is 10.0. The first-order valence-electron chi connectivity index (χ1n) is 6.39. The van der Waals surface area contributed by atoms with E-state index in [4.69, 9.17) is 10.8 Å². The first-order chi connectivity index (χ1) is 10.2. The summed E-state index contributed by atoms with van der Waals surface area (Å²) >= 11 is 0. The summed E-state index contributed by atoms with van der Waals surface area (Å²) in [6.07, 6.45) is 0. The van der Waals surface area contributed by atoms with Crippen molar-refractivity contribution in [3.8, 4) is 11.1 Å².